The third kappa shape index (κ3) is 9.00. The second-order valence-electron chi connectivity index (χ2n) is 12.1. The van der Waals surface area contributed by atoms with Gasteiger partial charge in [0, 0.05) is 37.7 Å². The Morgan fingerprint density at radius 3 is 2.40 bits per heavy atom. The minimum Gasteiger partial charge on any atom is -0.395 e. The first kappa shape index (κ1) is 35.9. The van der Waals surface area contributed by atoms with E-state index in [0.29, 0.717) is 44.6 Å². The van der Waals surface area contributed by atoms with Crippen LogP contribution in [0.5, 0.6) is 0 Å². The highest BCUT2D eigenvalue weighted by Gasteiger charge is 2.59. The number of halogens is 2. The fraction of sp³-hybridized carbons (Fsp3) is 0.500. The Bertz CT molecular complexity index is 1390. The summed E-state index contributed by atoms with van der Waals surface area (Å²) >= 11 is 0. The Morgan fingerprint density at radius 1 is 1.09 bits per heavy atom. The highest BCUT2D eigenvalue weighted by atomic mass is 19.1. The molecule has 0 spiro atoms. The van der Waals surface area contributed by atoms with E-state index in [0.717, 1.165) is 42.2 Å². The predicted octanol–water partition coefficient (Wildman–Crippen LogP) is 4.63. The molecule has 0 saturated carbocycles. The van der Waals surface area contributed by atoms with Crippen molar-refractivity contribution in [2.45, 2.75) is 78.4 Å². The number of aliphatic hydroxyl groups is 2. The lowest BCUT2D eigenvalue weighted by Gasteiger charge is -2.50. The number of benzene rings is 2. The van der Waals surface area contributed by atoms with Gasteiger partial charge in [0.05, 0.1) is 23.5 Å². The number of nitrogens with one attached hydrogen (secondary N) is 1. The van der Waals surface area contributed by atoms with Crippen molar-refractivity contribution < 1.29 is 28.6 Å². The number of aliphatic hydroxyl groups excluding tert-OH is 2. The summed E-state index contributed by atoms with van der Waals surface area (Å²) < 4.78 is 28.3. The van der Waals surface area contributed by atoms with Crippen LogP contribution in [-0.4, -0.2) is 59.3 Å². The molecule has 45 heavy (non-hydrogen) atoms. The first-order valence-electron chi connectivity index (χ1n) is 15.8. The fourth-order valence-corrected chi connectivity index (χ4v) is 6.58. The molecule has 0 aromatic heterocycles. The highest BCUT2D eigenvalue weighted by molar-refractivity contribution is 5.90. The molecule has 0 heterocycles. The van der Waals surface area contributed by atoms with E-state index in [1.807, 2.05) is 38.1 Å². The van der Waals surface area contributed by atoms with E-state index in [1.54, 1.807) is 17.9 Å². The molecule has 0 saturated heterocycles. The van der Waals surface area contributed by atoms with Crippen LogP contribution in [0.25, 0.3) is 0 Å². The molecule has 1 unspecified atom stereocenters. The maximum atomic E-state index is 14.5. The number of allylic oxidation sites excluding steroid dienone is 1. The molecule has 0 radical (unpaired) electrons. The molecule has 3 atom stereocenters. The second kappa shape index (κ2) is 16.6. The molecule has 0 bridgehead atoms. The number of rotatable bonds is 15. The summed E-state index contributed by atoms with van der Waals surface area (Å²) in [6.07, 6.45) is 2.70. The van der Waals surface area contributed by atoms with Gasteiger partial charge >= 0.3 is 0 Å². The normalized spacial score (nSPS) is 21.0. The Kier molecular flexibility index (Phi) is 13.3. The number of carbonyl (C=O) groups excluding carboxylic acids is 2. The highest BCUT2D eigenvalue weighted by Crippen LogP contribution is 2.51. The van der Waals surface area contributed by atoms with Gasteiger partial charge in [0.1, 0.15) is 11.6 Å². The van der Waals surface area contributed by atoms with Crippen molar-refractivity contribution in [3.8, 4) is 11.8 Å². The van der Waals surface area contributed by atoms with Crippen LogP contribution in [0.4, 0.5) is 8.78 Å². The summed E-state index contributed by atoms with van der Waals surface area (Å²) in [5, 5.41) is 24.6. The molecule has 3 rings (SSSR count). The standard InChI is InChI=1S/C36H47F2N3O4/c1-4-15-41(16-5-2)34(45)35(13-9-14-40-25-28-12-8-11-27(18-28)10-6-7-17-42)22-26(3)23-36(32(35)43,33(39)44)24-29-19-30(37)21-31(38)20-29/h8,11-12,18-21,23,32,40,42-43H,4-5,7,9,13-17,22,24-25H2,1-3H3,(H2,39,44)/t32-,35?,36-/m1/s1. The van der Waals surface area contributed by atoms with Crippen LogP contribution >= 0.6 is 0 Å². The third-order valence-corrected chi connectivity index (χ3v) is 8.39. The monoisotopic (exact) mass is 623 g/mol. The van der Waals surface area contributed by atoms with Crippen molar-refractivity contribution in [2.75, 3.05) is 26.2 Å². The maximum Gasteiger partial charge on any atom is 0.231 e. The van der Waals surface area contributed by atoms with Crippen LogP contribution in [0.2, 0.25) is 0 Å². The average Bonchev–Trinajstić information content (AvgIpc) is 2.98. The Balaban J connectivity index is 1.91. The summed E-state index contributed by atoms with van der Waals surface area (Å²) in [4.78, 5) is 29.5. The van der Waals surface area contributed by atoms with Crippen LogP contribution in [-0.2, 0) is 22.6 Å². The molecule has 1 aliphatic rings. The number of hydrogen-bond donors (Lipinski definition) is 4. The summed E-state index contributed by atoms with van der Waals surface area (Å²) in [6, 6.07) is 10.8. The van der Waals surface area contributed by atoms with Crippen molar-refractivity contribution >= 4 is 11.8 Å². The number of nitrogens with two attached hydrogens (primary N) is 1. The van der Waals surface area contributed by atoms with Crippen molar-refractivity contribution in [1.29, 1.82) is 0 Å². The van der Waals surface area contributed by atoms with E-state index in [2.05, 4.69) is 17.2 Å². The molecule has 5 N–H and O–H groups in total. The van der Waals surface area contributed by atoms with Crippen molar-refractivity contribution in [3.63, 3.8) is 0 Å². The number of primary amides is 1. The van der Waals surface area contributed by atoms with Gasteiger partial charge in [0.15, 0.2) is 0 Å². The molecule has 7 nitrogen and oxygen atoms in total. The smallest absolute Gasteiger partial charge is 0.231 e. The first-order valence-corrected chi connectivity index (χ1v) is 15.8. The average molecular weight is 624 g/mol. The molecule has 2 aromatic carbocycles. The topological polar surface area (TPSA) is 116 Å². The van der Waals surface area contributed by atoms with Gasteiger partial charge in [-0.1, -0.05) is 49.5 Å². The molecular weight excluding hydrogens is 576 g/mol. The summed E-state index contributed by atoms with van der Waals surface area (Å²) in [7, 11) is 0. The minimum atomic E-state index is -1.74. The first-order chi connectivity index (χ1) is 21.5. The van der Waals surface area contributed by atoms with Crippen LogP contribution < -0.4 is 11.1 Å². The Hall–Kier alpha value is -3.58. The van der Waals surface area contributed by atoms with Gasteiger partial charge in [0.25, 0.3) is 0 Å². The minimum absolute atomic E-state index is 0.0147. The SMILES string of the molecule is CCCN(CCC)C(=O)C1(CCCNCc2cccc(C#CCCO)c2)CC(C)=C[C@](Cc2cc(F)cc(F)c2)(C(N)=O)[C@@H]1O. The predicted molar refractivity (Wildman–Crippen MR) is 172 cm³/mol. The lowest BCUT2D eigenvalue weighted by Crippen LogP contribution is -2.62. The van der Waals surface area contributed by atoms with Crippen LogP contribution in [0.15, 0.2) is 54.1 Å². The summed E-state index contributed by atoms with van der Waals surface area (Å²) in [5.41, 5.74) is 5.65. The van der Waals surface area contributed by atoms with Gasteiger partial charge in [-0.25, -0.2) is 8.78 Å². The molecule has 1 aliphatic carbocycles. The lowest BCUT2D eigenvalue weighted by atomic mass is 9.57. The van der Waals surface area contributed by atoms with Crippen molar-refractivity contribution in [2.24, 2.45) is 16.6 Å². The zero-order valence-electron chi connectivity index (χ0n) is 26.7. The molecule has 0 aliphatic heterocycles. The van der Waals surface area contributed by atoms with E-state index >= 15 is 0 Å². The number of amides is 2. The Morgan fingerprint density at radius 2 is 1.78 bits per heavy atom. The number of carbonyl (C=O) groups is 2. The van der Waals surface area contributed by atoms with Gasteiger partial charge in [0.2, 0.25) is 11.8 Å². The Labute approximate surface area is 265 Å². The van der Waals surface area contributed by atoms with Crippen molar-refractivity contribution in [1.82, 2.24) is 10.2 Å². The van der Waals surface area contributed by atoms with E-state index in [1.165, 1.54) is 0 Å². The molecule has 2 amide bonds. The largest absolute Gasteiger partial charge is 0.395 e. The van der Waals surface area contributed by atoms with E-state index in [4.69, 9.17) is 10.8 Å². The van der Waals surface area contributed by atoms with E-state index < -0.39 is 34.5 Å². The third-order valence-electron chi connectivity index (χ3n) is 8.39. The van der Waals surface area contributed by atoms with Gasteiger partial charge in [-0.05, 0) is 87.4 Å². The van der Waals surface area contributed by atoms with Crippen LogP contribution in [0.1, 0.15) is 76.0 Å². The van der Waals surface area contributed by atoms with Crippen molar-refractivity contribution in [3.05, 3.63) is 82.4 Å². The van der Waals surface area contributed by atoms with E-state index in [-0.39, 0.29) is 37.3 Å². The summed E-state index contributed by atoms with van der Waals surface area (Å²) in [6.45, 7) is 7.87. The zero-order chi connectivity index (χ0) is 33.0. The van der Waals surface area contributed by atoms with Gasteiger partial charge in [-0.3, -0.25) is 9.59 Å². The molecule has 9 heteroatoms. The number of hydrogen-bond acceptors (Lipinski definition) is 5. The second-order valence-corrected chi connectivity index (χ2v) is 12.1. The number of nitrogens with zero attached hydrogens (tertiary/aromatic N) is 1. The molecule has 0 fully saturated rings. The van der Waals surface area contributed by atoms with Crippen LogP contribution in [0, 0.1) is 34.3 Å². The quantitative estimate of drug-likeness (QED) is 0.131. The lowest BCUT2D eigenvalue weighted by molar-refractivity contribution is -0.162. The van der Waals surface area contributed by atoms with Gasteiger partial charge in [-0.15, -0.1) is 0 Å². The molecule has 244 valence electrons. The van der Waals surface area contributed by atoms with Crippen LogP contribution in [0.3, 0.4) is 0 Å². The van der Waals surface area contributed by atoms with Gasteiger partial charge in [-0.2, -0.15) is 0 Å². The molecule has 2 aromatic rings. The maximum absolute atomic E-state index is 14.5. The zero-order valence-corrected chi connectivity index (χ0v) is 26.7. The van der Waals surface area contributed by atoms with Gasteiger partial charge < -0.3 is 26.2 Å². The summed E-state index contributed by atoms with van der Waals surface area (Å²) in [5.74, 6) is 3.26. The fourth-order valence-electron chi connectivity index (χ4n) is 6.58. The molecular formula is C36H47F2N3O4. The van der Waals surface area contributed by atoms with E-state index in [9.17, 15) is 23.5 Å².